The van der Waals surface area contributed by atoms with Crippen molar-refractivity contribution < 1.29 is 14.7 Å². The van der Waals surface area contributed by atoms with Gasteiger partial charge in [0.15, 0.2) is 0 Å². The normalized spacial score (nSPS) is 19.5. The lowest BCUT2D eigenvalue weighted by Crippen LogP contribution is -2.53. The summed E-state index contributed by atoms with van der Waals surface area (Å²) in [6.45, 7) is 2.94. The second-order valence-electron chi connectivity index (χ2n) is 6.61. The molecule has 8 nitrogen and oxygen atoms in total. The molecule has 3 amide bonds. The van der Waals surface area contributed by atoms with Crippen LogP contribution >= 0.6 is 0 Å². The molecule has 3 heterocycles. The maximum absolute atomic E-state index is 12.4. The number of urea groups is 1. The number of amides is 3. The molecule has 0 aromatic carbocycles. The number of pyridine rings is 1. The second-order valence-corrected chi connectivity index (χ2v) is 6.61. The van der Waals surface area contributed by atoms with Crippen LogP contribution in [0.5, 0.6) is 0 Å². The third-order valence-corrected chi connectivity index (χ3v) is 4.91. The quantitative estimate of drug-likeness (QED) is 0.770. The fraction of sp³-hybridized carbons (Fsp3) is 0.588. The standard InChI is InChI=1S/C17H25N5O3/c23-16(22-11-6-14(7-12-22)20-17(24)25)19-13-4-9-21(10-5-13)15-3-1-2-8-18-15/h1-3,8,13-14,20H,4-7,9-12H2,(H,19,23)(H,24,25). The van der Waals surface area contributed by atoms with E-state index in [2.05, 4.69) is 20.5 Å². The number of hydrogen-bond acceptors (Lipinski definition) is 4. The van der Waals surface area contributed by atoms with E-state index < -0.39 is 6.09 Å². The molecule has 2 saturated heterocycles. The number of hydrogen-bond donors (Lipinski definition) is 3. The van der Waals surface area contributed by atoms with Gasteiger partial charge in [-0.2, -0.15) is 0 Å². The fourth-order valence-corrected chi connectivity index (χ4v) is 3.46. The number of nitrogens with one attached hydrogen (secondary N) is 2. The molecule has 2 aliphatic rings. The van der Waals surface area contributed by atoms with Crippen molar-refractivity contribution in [3.05, 3.63) is 24.4 Å². The summed E-state index contributed by atoms with van der Waals surface area (Å²) in [4.78, 5) is 31.5. The highest BCUT2D eigenvalue weighted by molar-refractivity contribution is 5.74. The van der Waals surface area contributed by atoms with Gasteiger partial charge in [0.1, 0.15) is 5.82 Å². The van der Waals surface area contributed by atoms with Crippen LogP contribution in [0.2, 0.25) is 0 Å². The highest BCUT2D eigenvalue weighted by atomic mass is 16.4. The second kappa shape index (κ2) is 8.04. The summed E-state index contributed by atoms with van der Waals surface area (Å²) in [7, 11) is 0. The van der Waals surface area contributed by atoms with Gasteiger partial charge in [0.2, 0.25) is 0 Å². The van der Waals surface area contributed by atoms with Crippen molar-refractivity contribution in [1.29, 1.82) is 0 Å². The zero-order valence-corrected chi connectivity index (χ0v) is 14.2. The SMILES string of the molecule is O=C(O)NC1CCN(C(=O)NC2CCN(c3ccccn3)CC2)CC1. The van der Waals surface area contributed by atoms with Gasteiger partial charge in [-0.1, -0.05) is 6.07 Å². The van der Waals surface area contributed by atoms with E-state index in [4.69, 9.17) is 5.11 Å². The molecule has 1 aromatic heterocycles. The number of rotatable bonds is 3. The molecule has 0 unspecified atom stereocenters. The van der Waals surface area contributed by atoms with Crippen molar-refractivity contribution in [2.45, 2.75) is 37.8 Å². The van der Waals surface area contributed by atoms with Crippen LogP contribution in [-0.4, -0.2) is 65.4 Å². The van der Waals surface area contributed by atoms with Crippen LogP contribution < -0.4 is 15.5 Å². The van der Waals surface area contributed by atoms with Gasteiger partial charge in [0, 0.05) is 44.5 Å². The molecule has 0 saturated carbocycles. The molecule has 136 valence electrons. The Morgan fingerprint density at radius 3 is 2.24 bits per heavy atom. The third-order valence-electron chi connectivity index (χ3n) is 4.91. The summed E-state index contributed by atoms with van der Waals surface area (Å²) >= 11 is 0. The van der Waals surface area contributed by atoms with Crippen molar-refractivity contribution in [3.63, 3.8) is 0 Å². The smallest absolute Gasteiger partial charge is 0.404 e. The summed E-state index contributed by atoms with van der Waals surface area (Å²) in [5.41, 5.74) is 0. The lowest BCUT2D eigenvalue weighted by Gasteiger charge is -2.36. The topological polar surface area (TPSA) is 97.8 Å². The van der Waals surface area contributed by atoms with E-state index in [-0.39, 0.29) is 18.1 Å². The molecule has 25 heavy (non-hydrogen) atoms. The van der Waals surface area contributed by atoms with E-state index in [1.165, 1.54) is 0 Å². The van der Waals surface area contributed by atoms with Gasteiger partial charge >= 0.3 is 12.1 Å². The minimum absolute atomic E-state index is 0.0370. The number of anilines is 1. The summed E-state index contributed by atoms with van der Waals surface area (Å²) in [5, 5.41) is 14.4. The lowest BCUT2D eigenvalue weighted by atomic mass is 10.0. The van der Waals surface area contributed by atoms with Crippen LogP contribution in [0.3, 0.4) is 0 Å². The average molecular weight is 347 g/mol. The van der Waals surface area contributed by atoms with Crippen molar-refractivity contribution in [1.82, 2.24) is 20.5 Å². The summed E-state index contributed by atoms with van der Waals surface area (Å²) < 4.78 is 0. The highest BCUT2D eigenvalue weighted by Gasteiger charge is 2.27. The first-order valence-electron chi connectivity index (χ1n) is 8.82. The molecule has 0 aliphatic carbocycles. The predicted molar refractivity (Wildman–Crippen MR) is 93.8 cm³/mol. The molecule has 3 N–H and O–H groups in total. The van der Waals surface area contributed by atoms with Gasteiger partial charge in [-0.25, -0.2) is 14.6 Å². The van der Waals surface area contributed by atoms with E-state index in [1.807, 2.05) is 18.2 Å². The summed E-state index contributed by atoms with van der Waals surface area (Å²) in [6, 6.07) is 5.99. The van der Waals surface area contributed by atoms with Gasteiger partial charge in [0.05, 0.1) is 0 Å². The molecule has 2 aliphatic heterocycles. The fourth-order valence-electron chi connectivity index (χ4n) is 3.46. The first-order valence-corrected chi connectivity index (χ1v) is 8.82. The van der Waals surface area contributed by atoms with Crippen molar-refractivity contribution in [2.24, 2.45) is 0 Å². The van der Waals surface area contributed by atoms with Crippen LogP contribution in [0.25, 0.3) is 0 Å². The Balaban J connectivity index is 1.40. The number of likely N-dealkylation sites (tertiary alicyclic amines) is 1. The van der Waals surface area contributed by atoms with Gasteiger partial charge < -0.3 is 25.5 Å². The van der Waals surface area contributed by atoms with Crippen molar-refractivity contribution in [3.8, 4) is 0 Å². The lowest BCUT2D eigenvalue weighted by molar-refractivity contribution is 0.162. The van der Waals surface area contributed by atoms with Gasteiger partial charge in [0.25, 0.3) is 0 Å². The number of nitrogens with zero attached hydrogens (tertiary/aromatic N) is 3. The maximum Gasteiger partial charge on any atom is 0.404 e. The van der Waals surface area contributed by atoms with Gasteiger partial charge in [-0.05, 0) is 37.8 Å². The van der Waals surface area contributed by atoms with Gasteiger partial charge in [-0.3, -0.25) is 0 Å². The first kappa shape index (κ1) is 17.3. The average Bonchev–Trinajstić information content (AvgIpc) is 2.63. The zero-order valence-electron chi connectivity index (χ0n) is 14.2. The van der Waals surface area contributed by atoms with E-state index >= 15 is 0 Å². The maximum atomic E-state index is 12.4. The Bertz CT molecular complexity index is 581. The molecule has 0 atom stereocenters. The summed E-state index contributed by atoms with van der Waals surface area (Å²) in [6.07, 6.45) is 3.93. The Hall–Kier alpha value is -2.51. The van der Waals surface area contributed by atoms with Crippen LogP contribution in [-0.2, 0) is 0 Å². The zero-order chi connectivity index (χ0) is 17.6. The number of carboxylic acid groups (broad SMARTS) is 1. The van der Waals surface area contributed by atoms with E-state index in [0.29, 0.717) is 25.9 Å². The van der Waals surface area contributed by atoms with Gasteiger partial charge in [-0.15, -0.1) is 0 Å². The number of aromatic nitrogens is 1. The Morgan fingerprint density at radius 2 is 1.64 bits per heavy atom. The molecule has 0 spiro atoms. The molecule has 2 fully saturated rings. The van der Waals surface area contributed by atoms with Crippen molar-refractivity contribution >= 4 is 17.9 Å². The van der Waals surface area contributed by atoms with Crippen LogP contribution in [0, 0.1) is 0 Å². The van der Waals surface area contributed by atoms with Crippen molar-refractivity contribution in [2.75, 3.05) is 31.1 Å². The number of piperidine rings is 2. The van der Waals surface area contributed by atoms with E-state index in [0.717, 1.165) is 31.7 Å². The molecular formula is C17H25N5O3. The molecule has 8 heteroatoms. The minimum Gasteiger partial charge on any atom is -0.465 e. The minimum atomic E-state index is -0.998. The Labute approximate surface area is 147 Å². The van der Waals surface area contributed by atoms with Crippen LogP contribution in [0.4, 0.5) is 15.4 Å². The molecule has 0 radical (unpaired) electrons. The predicted octanol–water partition coefficient (Wildman–Crippen LogP) is 1.49. The Kier molecular flexibility index (Phi) is 5.57. The number of carbonyl (C=O) groups excluding carboxylic acids is 1. The largest absolute Gasteiger partial charge is 0.465 e. The molecule has 1 aromatic rings. The first-order chi connectivity index (χ1) is 12.1. The Morgan fingerprint density at radius 1 is 1.00 bits per heavy atom. The monoisotopic (exact) mass is 347 g/mol. The number of carbonyl (C=O) groups is 2. The van der Waals surface area contributed by atoms with E-state index in [9.17, 15) is 9.59 Å². The third kappa shape index (κ3) is 4.74. The van der Waals surface area contributed by atoms with Crippen LogP contribution in [0.15, 0.2) is 24.4 Å². The molecule has 0 bridgehead atoms. The van der Waals surface area contributed by atoms with Crippen LogP contribution in [0.1, 0.15) is 25.7 Å². The van der Waals surface area contributed by atoms with E-state index in [1.54, 1.807) is 11.1 Å². The molecule has 3 rings (SSSR count). The highest BCUT2D eigenvalue weighted by Crippen LogP contribution is 2.18. The summed E-state index contributed by atoms with van der Waals surface area (Å²) in [5.74, 6) is 0.986. The molecular weight excluding hydrogens is 322 g/mol.